The molecule has 1 aromatic carbocycles. The van der Waals surface area contributed by atoms with Gasteiger partial charge in [-0.2, -0.15) is 0 Å². The second-order valence-corrected chi connectivity index (χ2v) is 8.41. The van der Waals surface area contributed by atoms with Crippen molar-refractivity contribution in [3.8, 4) is 9.88 Å². The number of carbonyl (C=O) groups is 1. The molecule has 0 saturated carbocycles. The second-order valence-electron chi connectivity index (χ2n) is 6.43. The molecule has 1 aliphatic heterocycles. The Morgan fingerprint density at radius 1 is 1.07 bits per heavy atom. The van der Waals surface area contributed by atoms with E-state index in [4.69, 9.17) is 0 Å². The Morgan fingerprint density at radius 3 is 2.63 bits per heavy atom. The van der Waals surface area contributed by atoms with E-state index in [0.717, 1.165) is 42.6 Å². The van der Waals surface area contributed by atoms with E-state index in [1.54, 1.807) is 17.5 Å². The molecule has 0 radical (unpaired) electrons. The van der Waals surface area contributed by atoms with Crippen molar-refractivity contribution in [1.29, 1.82) is 0 Å². The molecule has 3 heterocycles. The third-order valence-corrected chi connectivity index (χ3v) is 6.70. The molecule has 0 spiro atoms. The van der Waals surface area contributed by atoms with Crippen LogP contribution in [0.15, 0.2) is 54.0 Å². The highest BCUT2D eigenvalue weighted by Crippen LogP contribution is 2.28. The van der Waals surface area contributed by atoms with E-state index < -0.39 is 0 Å². The smallest absolute Gasteiger partial charge is 0.263 e. The fourth-order valence-corrected chi connectivity index (χ4v) is 4.81. The van der Waals surface area contributed by atoms with Gasteiger partial charge in [0.05, 0.1) is 11.1 Å². The van der Waals surface area contributed by atoms with E-state index in [-0.39, 0.29) is 5.91 Å². The molecular weight excluding hydrogens is 376 g/mol. The molecule has 4 rings (SSSR count). The number of hydrogen-bond acceptors (Lipinski definition) is 6. The van der Waals surface area contributed by atoms with Crippen molar-refractivity contribution in [1.82, 2.24) is 15.2 Å². The number of anilines is 1. The van der Waals surface area contributed by atoms with E-state index in [0.29, 0.717) is 11.4 Å². The highest BCUT2D eigenvalue weighted by molar-refractivity contribution is 7.21. The molecule has 0 unspecified atom stereocenters. The lowest BCUT2D eigenvalue weighted by atomic mass is 10.2. The fourth-order valence-electron chi connectivity index (χ4n) is 3.18. The minimum Gasteiger partial charge on any atom is -0.369 e. The zero-order valence-corrected chi connectivity index (χ0v) is 16.6. The largest absolute Gasteiger partial charge is 0.369 e. The fraction of sp³-hybridized carbons (Fsp3) is 0.300. The standard InChI is InChI=1S/C20H22N4OS2/c25-19(18-15-22-20(27-18)17-7-4-14-26-17)21-8-9-23-10-12-24(13-11-23)16-5-2-1-3-6-16/h1-7,14-15H,8-13H2,(H,21,25). The monoisotopic (exact) mass is 398 g/mol. The lowest BCUT2D eigenvalue weighted by molar-refractivity contribution is 0.0951. The number of thiophene rings is 1. The molecule has 1 fully saturated rings. The van der Waals surface area contributed by atoms with Gasteiger partial charge < -0.3 is 10.2 Å². The Labute approximate surface area is 167 Å². The number of rotatable bonds is 6. The van der Waals surface area contributed by atoms with Crippen LogP contribution in [0.4, 0.5) is 5.69 Å². The van der Waals surface area contributed by atoms with Crippen LogP contribution in [-0.2, 0) is 0 Å². The molecule has 0 atom stereocenters. The van der Waals surface area contributed by atoms with Crippen LogP contribution in [0, 0.1) is 0 Å². The Bertz CT molecular complexity index is 855. The summed E-state index contributed by atoms with van der Waals surface area (Å²) in [6.07, 6.45) is 1.67. The summed E-state index contributed by atoms with van der Waals surface area (Å²) in [4.78, 5) is 23.3. The van der Waals surface area contributed by atoms with Crippen molar-refractivity contribution in [2.75, 3.05) is 44.2 Å². The molecule has 0 bridgehead atoms. The SMILES string of the molecule is O=C(NCCN1CCN(c2ccccc2)CC1)c1cnc(-c2cccs2)s1. The Balaban J connectivity index is 1.21. The van der Waals surface area contributed by atoms with Gasteiger partial charge >= 0.3 is 0 Å². The van der Waals surface area contributed by atoms with E-state index in [9.17, 15) is 4.79 Å². The number of aromatic nitrogens is 1. The number of hydrogen-bond donors (Lipinski definition) is 1. The predicted octanol–water partition coefficient (Wildman–Crippen LogP) is 3.42. The van der Waals surface area contributed by atoms with Crippen LogP contribution in [0.25, 0.3) is 9.88 Å². The summed E-state index contributed by atoms with van der Waals surface area (Å²) < 4.78 is 0. The maximum atomic E-state index is 12.3. The van der Waals surface area contributed by atoms with E-state index in [2.05, 4.69) is 50.4 Å². The summed E-state index contributed by atoms with van der Waals surface area (Å²) in [5.41, 5.74) is 1.29. The second kappa shape index (κ2) is 8.65. The van der Waals surface area contributed by atoms with Gasteiger partial charge in [0.2, 0.25) is 0 Å². The number of benzene rings is 1. The van der Waals surface area contributed by atoms with Gasteiger partial charge in [-0.3, -0.25) is 9.69 Å². The summed E-state index contributed by atoms with van der Waals surface area (Å²) in [5, 5.41) is 5.96. The molecule has 7 heteroatoms. The van der Waals surface area contributed by atoms with Crippen LogP contribution in [-0.4, -0.2) is 55.1 Å². The number of para-hydroxylation sites is 1. The topological polar surface area (TPSA) is 48.5 Å². The molecule has 3 aromatic rings. The van der Waals surface area contributed by atoms with Gasteiger partial charge in [0.1, 0.15) is 9.88 Å². The molecule has 27 heavy (non-hydrogen) atoms. The van der Waals surface area contributed by atoms with Gasteiger partial charge in [0.15, 0.2) is 0 Å². The third kappa shape index (κ3) is 4.55. The predicted molar refractivity (Wildman–Crippen MR) is 113 cm³/mol. The highest BCUT2D eigenvalue weighted by atomic mass is 32.1. The van der Waals surface area contributed by atoms with Gasteiger partial charge in [-0.15, -0.1) is 22.7 Å². The molecule has 140 valence electrons. The zero-order chi connectivity index (χ0) is 18.5. The first-order valence-corrected chi connectivity index (χ1v) is 10.8. The Hall–Kier alpha value is -2.22. The summed E-state index contributed by atoms with van der Waals surface area (Å²) in [6, 6.07) is 14.6. The minimum atomic E-state index is -0.0294. The lowest BCUT2D eigenvalue weighted by Gasteiger charge is -2.36. The first-order valence-electron chi connectivity index (χ1n) is 9.10. The molecule has 1 saturated heterocycles. The van der Waals surface area contributed by atoms with Crippen LogP contribution in [0.1, 0.15) is 9.67 Å². The van der Waals surface area contributed by atoms with Crippen molar-refractivity contribution < 1.29 is 4.79 Å². The summed E-state index contributed by atoms with van der Waals surface area (Å²) >= 11 is 3.09. The van der Waals surface area contributed by atoms with E-state index in [1.807, 2.05) is 17.5 Å². The van der Waals surface area contributed by atoms with Crippen LogP contribution in [0.3, 0.4) is 0 Å². The lowest BCUT2D eigenvalue weighted by Crippen LogP contribution is -2.48. The average molecular weight is 399 g/mol. The quantitative estimate of drug-likeness (QED) is 0.691. The van der Waals surface area contributed by atoms with Gasteiger partial charge in [-0.25, -0.2) is 4.98 Å². The molecule has 1 amide bonds. The van der Waals surface area contributed by atoms with Crippen molar-refractivity contribution >= 4 is 34.3 Å². The molecular formula is C20H22N4OS2. The average Bonchev–Trinajstić information content (AvgIpc) is 3.41. The van der Waals surface area contributed by atoms with Gasteiger partial charge in [0.25, 0.3) is 5.91 Å². The van der Waals surface area contributed by atoms with Crippen molar-refractivity contribution in [2.45, 2.75) is 0 Å². The number of piperazine rings is 1. The van der Waals surface area contributed by atoms with Gasteiger partial charge in [-0.1, -0.05) is 24.3 Å². The van der Waals surface area contributed by atoms with Crippen molar-refractivity contribution in [2.24, 2.45) is 0 Å². The molecule has 2 aromatic heterocycles. The molecule has 0 aliphatic carbocycles. The van der Waals surface area contributed by atoms with Gasteiger partial charge in [-0.05, 0) is 23.6 Å². The number of amides is 1. The van der Waals surface area contributed by atoms with E-state index >= 15 is 0 Å². The van der Waals surface area contributed by atoms with Crippen molar-refractivity contribution in [3.05, 3.63) is 58.9 Å². The van der Waals surface area contributed by atoms with E-state index in [1.165, 1.54) is 17.0 Å². The Morgan fingerprint density at radius 2 is 1.89 bits per heavy atom. The van der Waals surface area contributed by atoms with Crippen molar-refractivity contribution in [3.63, 3.8) is 0 Å². The minimum absolute atomic E-state index is 0.0294. The summed E-state index contributed by atoms with van der Waals surface area (Å²) in [7, 11) is 0. The Kier molecular flexibility index (Phi) is 5.81. The van der Waals surface area contributed by atoms with Crippen LogP contribution in [0.5, 0.6) is 0 Å². The normalized spacial score (nSPS) is 15.0. The number of nitrogens with one attached hydrogen (secondary N) is 1. The van der Waals surface area contributed by atoms with Crippen LogP contribution in [0.2, 0.25) is 0 Å². The molecule has 1 N–H and O–H groups in total. The van der Waals surface area contributed by atoms with Crippen LogP contribution < -0.4 is 10.2 Å². The summed E-state index contributed by atoms with van der Waals surface area (Å²) in [5.74, 6) is -0.0294. The molecule has 5 nitrogen and oxygen atoms in total. The number of thiazole rings is 1. The summed E-state index contributed by atoms with van der Waals surface area (Å²) in [6.45, 7) is 5.64. The highest BCUT2D eigenvalue weighted by Gasteiger charge is 2.17. The number of nitrogens with zero attached hydrogens (tertiary/aromatic N) is 3. The first-order chi connectivity index (χ1) is 13.3. The van der Waals surface area contributed by atoms with Crippen LogP contribution >= 0.6 is 22.7 Å². The maximum Gasteiger partial charge on any atom is 0.263 e. The van der Waals surface area contributed by atoms with Gasteiger partial charge in [0, 0.05) is 45.0 Å². The zero-order valence-electron chi connectivity index (χ0n) is 15.0. The maximum absolute atomic E-state index is 12.3. The number of carbonyl (C=O) groups excluding carboxylic acids is 1. The molecule has 1 aliphatic rings. The third-order valence-electron chi connectivity index (χ3n) is 4.67. The first kappa shape index (κ1) is 18.2.